The van der Waals surface area contributed by atoms with Crippen LogP contribution in [0.25, 0.3) is 0 Å². The summed E-state index contributed by atoms with van der Waals surface area (Å²) in [5.74, 6) is 2.09. The van der Waals surface area contributed by atoms with Crippen molar-refractivity contribution < 1.29 is 14.6 Å². The first-order valence-electron chi connectivity index (χ1n) is 5.34. The lowest BCUT2D eigenvalue weighted by molar-refractivity contribution is 0.269. The molecule has 1 aromatic carbocycles. The molecule has 16 heavy (non-hydrogen) atoms. The van der Waals surface area contributed by atoms with E-state index < -0.39 is 0 Å². The van der Waals surface area contributed by atoms with Gasteiger partial charge in [-0.1, -0.05) is 0 Å². The summed E-state index contributed by atoms with van der Waals surface area (Å²) < 4.78 is 11.8. The highest BCUT2D eigenvalue weighted by Gasteiger charge is 2.23. The minimum absolute atomic E-state index is 0.00236. The summed E-state index contributed by atoms with van der Waals surface area (Å²) in [6, 6.07) is 3.66. The highest BCUT2D eigenvalue weighted by Crippen LogP contribution is 2.38. The Kier molecular flexibility index (Phi) is 3.71. The number of halogens is 1. The van der Waals surface area contributed by atoms with Crippen LogP contribution >= 0.6 is 15.9 Å². The zero-order valence-corrected chi connectivity index (χ0v) is 10.8. The predicted molar refractivity (Wildman–Crippen MR) is 64.8 cm³/mol. The maximum atomic E-state index is 9.12. The average Bonchev–Trinajstić information content (AvgIpc) is 3.09. The Morgan fingerprint density at radius 3 is 2.75 bits per heavy atom. The minimum atomic E-state index is 0.00236. The lowest BCUT2D eigenvalue weighted by Crippen LogP contribution is -2.02. The summed E-state index contributed by atoms with van der Waals surface area (Å²) in [6.07, 6.45) is 2.51. The van der Waals surface area contributed by atoms with E-state index in [1.165, 1.54) is 12.8 Å². The molecule has 0 unspecified atom stereocenters. The van der Waals surface area contributed by atoms with E-state index in [9.17, 15) is 0 Å². The fourth-order valence-corrected chi connectivity index (χ4v) is 2.16. The third-order valence-corrected chi connectivity index (χ3v) is 3.22. The van der Waals surface area contributed by atoms with Gasteiger partial charge in [-0.2, -0.15) is 0 Å². The number of rotatable bonds is 5. The number of methoxy groups -OCH3 is 1. The first-order chi connectivity index (χ1) is 7.74. The summed E-state index contributed by atoms with van der Waals surface area (Å²) in [5.41, 5.74) is 0.818. The SMILES string of the molecule is COc1c(Br)cc(CO)cc1OCC1CC1. The van der Waals surface area contributed by atoms with Crippen LogP contribution in [-0.4, -0.2) is 18.8 Å². The summed E-state index contributed by atoms with van der Waals surface area (Å²) in [4.78, 5) is 0. The van der Waals surface area contributed by atoms with Gasteiger partial charge in [0.25, 0.3) is 0 Å². The van der Waals surface area contributed by atoms with E-state index in [4.69, 9.17) is 14.6 Å². The van der Waals surface area contributed by atoms with Crippen molar-refractivity contribution in [3.8, 4) is 11.5 Å². The fraction of sp³-hybridized carbons (Fsp3) is 0.500. The Balaban J connectivity index is 2.19. The summed E-state index contributed by atoms with van der Waals surface area (Å²) >= 11 is 3.41. The van der Waals surface area contributed by atoms with Crippen molar-refractivity contribution in [3.05, 3.63) is 22.2 Å². The Hall–Kier alpha value is -0.740. The van der Waals surface area contributed by atoms with Gasteiger partial charge in [-0.15, -0.1) is 0 Å². The molecule has 0 spiro atoms. The smallest absolute Gasteiger partial charge is 0.174 e. The molecule has 88 valence electrons. The number of hydrogen-bond acceptors (Lipinski definition) is 3. The number of aliphatic hydroxyl groups excluding tert-OH is 1. The third kappa shape index (κ3) is 2.68. The number of aliphatic hydroxyl groups is 1. The largest absolute Gasteiger partial charge is 0.492 e. The second-order valence-corrected chi connectivity index (χ2v) is 4.88. The first-order valence-corrected chi connectivity index (χ1v) is 6.14. The van der Waals surface area contributed by atoms with Crippen LogP contribution in [0.2, 0.25) is 0 Å². The standard InChI is InChI=1S/C12H15BrO3/c1-15-12-10(13)4-9(6-14)5-11(12)16-7-8-2-3-8/h4-5,8,14H,2-3,6-7H2,1H3. The molecule has 1 fully saturated rings. The summed E-state index contributed by atoms with van der Waals surface area (Å²) in [5, 5.41) is 9.12. The van der Waals surface area contributed by atoms with E-state index in [-0.39, 0.29) is 6.61 Å². The lowest BCUT2D eigenvalue weighted by atomic mass is 10.2. The molecule has 1 saturated carbocycles. The maximum absolute atomic E-state index is 9.12. The van der Waals surface area contributed by atoms with Gasteiger partial charge in [-0.05, 0) is 52.4 Å². The molecule has 0 heterocycles. The molecule has 0 bridgehead atoms. The minimum Gasteiger partial charge on any atom is -0.492 e. The molecule has 0 saturated heterocycles. The number of ether oxygens (including phenoxy) is 2. The van der Waals surface area contributed by atoms with Crippen LogP contribution < -0.4 is 9.47 Å². The van der Waals surface area contributed by atoms with Crippen LogP contribution in [0.1, 0.15) is 18.4 Å². The van der Waals surface area contributed by atoms with Crippen molar-refractivity contribution >= 4 is 15.9 Å². The third-order valence-electron chi connectivity index (χ3n) is 2.63. The quantitative estimate of drug-likeness (QED) is 0.905. The highest BCUT2D eigenvalue weighted by molar-refractivity contribution is 9.10. The molecule has 0 atom stereocenters. The molecule has 0 radical (unpaired) electrons. The molecule has 4 heteroatoms. The molecule has 0 aromatic heterocycles. The second-order valence-electron chi connectivity index (χ2n) is 4.02. The monoisotopic (exact) mass is 286 g/mol. The molecule has 1 aliphatic rings. The van der Waals surface area contributed by atoms with E-state index >= 15 is 0 Å². The van der Waals surface area contributed by atoms with E-state index in [1.807, 2.05) is 12.1 Å². The van der Waals surface area contributed by atoms with Gasteiger partial charge in [-0.3, -0.25) is 0 Å². The van der Waals surface area contributed by atoms with Gasteiger partial charge in [-0.25, -0.2) is 0 Å². The molecular formula is C12H15BrO3. The van der Waals surface area contributed by atoms with E-state index in [0.717, 1.165) is 16.6 Å². The number of benzene rings is 1. The predicted octanol–water partition coefficient (Wildman–Crippen LogP) is 2.74. The van der Waals surface area contributed by atoms with Crippen LogP contribution in [0.5, 0.6) is 11.5 Å². The molecule has 1 aromatic rings. The van der Waals surface area contributed by atoms with Crippen molar-refractivity contribution in [1.29, 1.82) is 0 Å². The van der Waals surface area contributed by atoms with E-state index in [2.05, 4.69) is 15.9 Å². The Morgan fingerprint density at radius 1 is 1.44 bits per heavy atom. The summed E-state index contributed by atoms with van der Waals surface area (Å²) in [6.45, 7) is 0.736. The van der Waals surface area contributed by atoms with Crippen LogP contribution in [0.15, 0.2) is 16.6 Å². The average molecular weight is 287 g/mol. The van der Waals surface area contributed by atoms with Crippen molar-refractivity contribution in [2.75, 3.05) is 13.7 Å². The maximum Gasteiger partial charge on any atom is 0.174 e. The summed E-state index contributed by atoms with van der Waals surface area (Å²) in [7, 11) is 1.61. The van der Waals surface area contributed by atoms with Crippen molar-refractivity contribution in [1.82, 2.24) is 0 Å². The lowest BCUT2D eigenvalue weighted by Gasteiger charge is -2.13. The van der Waals surface area contributed by atoms with Crippen molar-refractivity contribution in [2.24, 2.45) is 5.92 Å². The topological polar surface area (TPSA) is 38.7 Å². The molecule has 0 amide bonds. The second kappa shape index (κ2) is 5.06. The highest BCUT2D eigenvalue weighted by atomic mass is 79.9. The van der Waals surface area contributed by atoms with Gasteiger partial charge in [0.1, 0.15) is 0 Å². The first kappa shape index (κ1) is 11.7. The Morgan fingerprint density at radius 2 is 2.19 bits per heavy atom. The van der Waals surface area contributed by atoms with Gasteiger partial charge < -0.3 is 14.6 Å². The molecule has 1 N–H and O–H groups in total. The van der Waals surface area contributed by atoms with Gasteiger partial charge >= 0.3 is 0 Å². The number of hydrogen-bond donors (Lipinski definition) is 1. The van der Waals surface area contributed by atoms with Gasteiger partial charge in [0.2, 0.25) is 0 Å². The van der Waals surface area contributed by atoms with Crippen LogP contribution in [0, 0.1) is 5.92 Å². The molecule has 2 rings (SSSR count). The fourth-order valence-electron chi connectivity index (χ4n) is 1.51. The van der Waals surface area contributed by atoms with Crippen LogP contribution in [-0.2, 0) is 6.61 Å². The van der Waals surface area contributed by atoms with E-state index in [1.54, 1.807) is 7.11 Å². The zero-order chi connectivity index (χ0) is 11.5. The van der Waals surface area contributed by atoms with Crippen LogP contribution in [0.3, 0.4) is 0 Å². The Labute approximate surface area is 104 Å². The van der Waals surface area contributed by atoms with Crippen molar-refractivity contribution in [3.63, 3.8) is 0 Å². The molecular weight excluding hydrogens is 272 g/mol. The molecule has 0 aliphatic heterocycles. The van der Waals surface area contributed by atoms with Crippen LogP contribution in [0.4, 0.5) is 0 Å². The van der Waals surface area contributed by atoms with Gasteiger partial charge in [0, 0.05) is 0 Å². The van der Waals surface area contributed by atoms with Crippen molar-refractivity contribution in [2.45, 2.75) is 19.4 Å². The zero-order valence-electron chi connectivity index (χ0n) is 9.20. The normalized spacial score (nSPS) is 14.9. The Bertz CT molecular complexity index is 375. The van der Waals surface area contributed by atoms with Gasteiger partial charge in [0.15, 0.2) is 11.5 Å². The van der Waals surface area contributed by atoms with E-state index in [0.29, 0.717) is 17.4 Å². The molecule has 3 nitrogen and oxygen atoms in total. The van der Waals surface area contributed by atoms with Gasteiger partial charge in [0.05, 0.1) is 24.8 Å². The molecule has 1 aliphatic carbocycles.